The largest absolute Gasteiger partial charge is 0.508 e. The van der Waals surface area contributed by atoms with Crippen LogP contribution in [-0.2, 0) is 7.05 Å². The monoisotopic (exact) mass is 337 g/mol. The summed E-state index contributed by atoms with van der Waals surface area (Å²) in [6.07, 6.45) is 2.37. The van der Waals surface area contributed by atoms with E-state index < -0.39 is 0 Å². The Balaban J connectivity index is 1.92. The number of aldehydes is 1. The molecule has 1 heterocycles. The lowest BCUT2D eigenvalue weighted by atomic mass is 10.1. The number of nitrogens with zero attached hydrogens (tertiary/aromatic N) is 3. The minimum atomic E-state index is 0.223. The fourth-order valence-corrected chi connectivity index (χ4v) is 3.13. The number of phenols is 1. The Morgan fingerprint density at radius 1 is 1.12 bits per heavy atom. The summed E-state index contributed by atoms with van der Waals surface area (Å²) in [5.74, 6) is 0.223. The molecule has 0 aliphatic heterocycles. The van der Waals surface area contributed by atoms with E-state index in [0.717, 1.165) is 23.1 Å². The third-order valence-corrected chi connectivity index (χ3v) is 4.44. The highest BCUT2D eigenvalue weighted by molar-refractivity contribution is 7.07. The molecule has 0 radical (unpaired) electrons. The van der Waals surface area contributed by atoms with Crippen LogP contribution in [0.15, 0.2) is 64.1 Å². The Labute approximate surface area is 142 Å². The van der Waals surface area contributed by atoms with Crippen LogP contribution in [0.4, 0.5) is 0 Å². The summed E-state index contributed by atoms with van der Waals surface area (Å²) in [7, 11) is 1.89. The van der Waals surface area contributed by atoms with Gasteiger partial charge in [-0.2, -0.15) is 5.10 Å². The van der Waals surface area contributed by atoms with E-state index in [1.165, 1.54) is 11.3 Å². The first-order chi connectivity index (χ1) is 11.7. The van der Waals surface area contributed by atoms with E-state index in [9.17, 15) is 9.90 Å². The minimum Gasteiger partial charge on any atom is -0.508 e. The predicted octanol–water partition coefficient (Wildman–Crippen LogP) is 3.21. The van der Waals surface area contributed by atoms with Gasteiger partial charge in [-0.25, -0.2) is 0 Å². The fraction of sp³-hybridized carbons (Fsp3) is 0.0556. The number of carbonyl (C=O) groups is 1. The highest BCUT2D eigenvalue weighted by Gasteiger charge is 2.05. The summed E-state index contributed by atoms with van der Waals surface area (Å²) in [6, 6.07) is 14.3. The normalized spacial score (nSPS) is 12.0. The van der Waals surface area contributed by atoms with Crippen molar-refractivity contribution in [3.05, 3.63) is 69.8 Å². The van der Waals surface area contributed by atoms with Crippen molar-refractivity contribution in [3.8, 4) is 17.0 Å². The number of hydrogen-bond donors (Lipinski definition) is 1. The zero-order chi connectivity index (χ0) is 16.9. The van der Waals surface area contributed by atoms with Gasteiger partial charge in [-0.3, -0.25) is 4.79 Å². The molecular weight excluding hydrogens is 322 g/mol. The van der Waals surface area contributed by atoms with Crippen LogP contribution in [0, 0.1) is 0 Å². The van der Waals surface area contributed by atoms with Crippen LogP contribution in [-0.4, -0.2) is 22.2 Å². The lowest BCUT2D eigenvalue weighted by Gasteiger charge is -2.02. The van der Waals surface area contributed by atoms with Crippen LogP contribution in [0.2, 0.25) is 0 Å². The van der Waals surface area contributed by atoms with Crippen molar-refractivity contribution in [3.63, 3.8) is 0 Å². The molecule has 2 aromatic carbocycles. The second-order valence-electron chi connectivity index (χ2n) is 5.10. The molecule has 1 aromatic heterocycles. The summed E-state index contributed by atoms with van der Waals surface area (Å²) in [5, 5.41) is 19.9. The molecule has 3 aromatic rings. The van der Waals surface area contributed by atoms with E-state index in [4.69, 9.17) is 0 Å². The smallest absolute Gasteiger partial charge is 0.210 e. The summed E-state index contributed by atoms with van der Waals surface area (Å²) in [6.45, 7) is 0. The first kappa shape index (κ1) is 15.9. The van der Waals surface area contributed by atoms with Crippen molar-refractivity contribution >= 4 is 23.8 Å². The number of rotatable bonds is 4. The Bertz CT molecular complexity index is 970. The van der Waals surface area contributed by atoms with Gasteiger partial charge in [-0.1, -0.05) is 36.4 Å². The molecule has 120 valence electrons. The summed E-state index contributed by atoms with van der Waals surface area (Å²) in [5.41, 5.74) is 3.15. The third-order valence-electron chi connectivity index (χ3n) is 3.53. The van der Waals surface area contributed by atoms with Gasteiger partial charge in [0.05, 0.1) is 11.9 Å². The number of thiazole rings is 1. The standard InChI is InChI=1S/C18H15N3O2S/c1-21-17(13-7-4-8-16(23)9-13)12-24-18(21)20-19-10-14-5-2-3-6-15(14)11-22/h2-12,23H,1H3/b19-10-,20-18-. The van der Waals surface area contributed by atoms with Gasteiger partial charge in [0.15, 0.2) is 6.29 Å². The van der Waals surface area contributed by atoms with E-state index in [0.29, 0.717) is 10.4 Å². The van der Waals surface area contributed by atoms with Crippen LogP contribution in [0.3, 0.4) is 0 Å². The van der Waals surface area contributed by atoms with E-state index >= 15 is 0 Å². The molecule has 0 amide bonds. The average molecular weight is 337 g/mol. The predicted molar refractivity (Wildman–Crippen MR) is 95.4 cm³/mol. The van der Waals surface area contributed by atoms with Crippen molar-refractivity contribution in [2.75, 3.05) is 0 Å². The van der Waals surface area contributed by atoms with Crippen LogP contribution >= 0.6 is 11.3 Å². The van der Waals surface area contributed by atoms with Crippen LogP contribution < -0.4 is 4.80 Å². The van der Waals surface area contributed by atoms with Crippen LogP contribution in [0.25, 0.3) is 11.3 Å². The van der Waals surface area contributed by atoms with Crippen LogP contribution in [0.1, 0.15) is 15.9 Å². The number of aromatic hydroxyl groups is 1. The maximum absolute atomic E-state index is 11.0. The van der Waals surface area contributed by atoms with Crippen molar-refractivity contribution in [1.82, 2.24) is 4.57 Å². The van der Waals surface area contributed by atoms with Crippen molar-refractivity contribution in [2.24, 2.45) is 17.3 Å². The van der Waals surface area contributed by atoms with E-state index in [1.807, 2.05) is 35.2 Å². The molecule has 3 rings (SSSR count). The molecule has 0 fully saturated rings. The topological polar surface area (TPSA) is 66.9 Å². The van der Waals surface area contributed by atoms with Gasteiger partial charge in [0.25, 0.3) is 0 Å². The zero-order valence-electron chi connectivity index (χ0n) is 13.0. The van der Waals surface area contributed by atoms with Crippen LogP contribution in [0.5, 0.6) is 5.75 Å². The third kappa shape index (κ3) is 3.33. The molecule has 0 saturated heterocycles. The number of hydrogen-bond acceptors (Lipinski definition) is 5. The molecule has 5 nitrogen and oxygen atoms in total. The second-order valence-corrected chi connectivity index (χ2v) is 5.94. The Morgan fingerprint density at radius 2 is 1.92 bits per heavy atom. The van der Waals surface area contributed by atoms with Gasteiger partial charge >= 0.3 is 0 Å². The van der Waals surface area contributed by atoms with E-state index in [1.54, 1.807) is 36.5 Å². The number of benzene rings is 2. The van der Waals surface area contributed by atoms with Gasteiger partial charge in [-0.15, -0.1) is 16.4 Å². The molecule has 1 N–H and O–H groups in total. The number of carbonyl (C=O) groups excluding carboxylic acids is 1. The molecular formula is C18H15N3O2S. The Morgan fingerprint density at radius 3 is 2.67 bits per heavy atom. The maximum atomic E-state index is 11.0. The molecule has 0 unspecified atom stereocenters. The molecule has 24 heavy (non-hydrogen) atoms. The van der Waals surface area contributed by atoms with Crippen molar-refractivity contribution in [1.29, 1.82) is 0 Å². The summed E-state index contributed by atoms with van der Waals surface area (Å²) in [4.78, 5) is 11.7. The maximum Gasteiger partial charge on any atom is 0.210 e. The van der Waals surface area contributed by atoms with Crippen molar-refractivity contribution < 1.29 is 9.90 Å². The molecule has 0 atom stereocenters. The van der Waals surface area contributed by atoms with E-state index in [2.05, 4.69) is 10.2 Å². The van der Waals surface area contributed by atoms with Gasteiger partial charge in [0, 0.05) is 29.1 Å². The van der Waals surface area contributed by atoms with Crippen molar-refractivity contribution in [2.45, 2.75) is 0 Å². The fourth-order valence-electron chi connectivity index (χ4n) is 2.26. The molecule has 0 spiro atoms. The highest BCUT2D eigenvalue weighted by atomic mass is 32.1. The quantitative estimate of drug-likeness (QED) is 0.451. The molecule has 0 aliphatic rings. The zero-order valence-corrected chi connectivity index (χ0v) is 13.8. The van der Waals surface area contributed by atoms with Gasteiger partial charge in [0.1, 0.15) is 5.75 Å². The first-order valence-electron chi connectivity index (χ1n) is 7.24. The lowest BCUT2D eigenvalue weighted by molar-refractivity contribution is 0.112. The summed E-state index contributed by atoms with van der Waals surface area (Å²) < 4.78 is 1.91. The minimum absolute atomic E-state index is 0.223. The Hall–Kier alpha value is -2.99. The van der Waals surface area contributed by atoms with Gasteiger partial charge in [-0.05, 0) is 12.1 Å². The number of phenolic OH excluding ortho intramolecular Hbond substituents is 1. The number of aromatic nitrogens is 1. The molecule has 6 heteroatoms. The SMILES string of the molecule is Cn1c(-c2cccc(O)c2)cs/c1=N\N=C/c1ccccc1C=O. The average Bonchev–Trinajstić information content (AvgIpc) is 2.96. The summed E-state index contributed by atoms with van der Waals surface area (Å²) >= 11 is 1.45. The van der Waals surface area contributed by atoms with E-state index in [-0.39, 0.29) is 5.75 Å². The molecule has 0 aliphatic carbocycles. The second kappa shape index (κ2) is 7.06. The Kier molecular flexibility index (Phi) is 4.67. The molecule has 0 saturated carbocycles. The van der Waals surface area contributed by atoms with Gasteiger partial charge < -0.3 is 9.67 Å². The molecule has 0 bridgehead atoms. The lowest BCUT2D eigenvalue weighted by Crippen LogP contribution is -2.10. The highest BCUT2D eigenvalue weighted by Crippen LogP contribution is 2.22. The first-order valence-corrected chi connectivity index (χ1v) is 8.12. The van der Waals surface area contributed by atoms with Gasteiger partial charge in [0.2, 0.25) is 4.80 Å².